The molecule has 4 atom stereocenters. The van der Waals surface area contributed by atoms with Crippen LogP contribution in [-0.4, -0.2) is 65.9 Å². The van der Waals surface area contributed by atoms with Crippen LogP contribution in [0.5, 0.6) is 0 Å². The van der Waals surface area contributed by atoms with Gasteiger partial charge in [0.25, 0.3) is 0 Å². The standard InChI is InChI=1S/C21H29ClN2O5/c1-2-21(27)24-11-15(25)12-28-13-19-18(24)8-7-16(29-19)9-20(26)23-10-14-5-3-4-6-17(14)22/h3-6,15-16,18-19,25H,2,7-13H2,1H3,(H,23,26)/t15-,16-,18-,19+/m1/s1. The zero-order valence-electron chi connectivity index (χ0n) is 16.7. The number of fused-ring (bicyclic) bond motifs is 1. The van der Waals surface area contributed by atoms with E-state index in [-0.39, 0.29) is 49.6 Å². The molecule has 0 bridgehead atoms. The van der Waals surface area contributed by atoms with E-state index in [1.807, 2.05) is 25.1 Å². The number of rotatable bonds is 5. The molecule has 2 aliphatic heterocycles. The summed E-state index contributed by atoms with van der Waals surface area (Å²) in [6, 6.07) is 7.27. The van der Waals surface area contributed by atoms with Crippen LogP contribution < -0.4 is 5.32 Å². The minimum atomic E-state index is -0.695. The third kappa shape index (κ3) is 5.92. The first-order valence-corrected chi connectivity index (χ1v) is 10.6. The number of β-amino-alcohol motifs (C(OH)–C–C–N with tert-alkyl or cyclic N) is 1. The van der Waals surface area contributed by atoms with Gasteiger partial charge < -0.3 is 24.8 Å². The maximum atomic E-state index is 12.4. The predicted octanol–water partition coefficient (Wildman–Crippen LogP) is 1.89. The number of halogens is 1. The van der Waals surface area contributed by atoms with E-state index in [0.29, 0.717) is 31.0 Å². The molecular weight excluding hydrogens is 396 g/mol. The molecule has 2 heterocycles. The van der Waals surface area contributed by atoms with Crippen molar-refractivity contribution in [2.45, 2.75) is 63.5 Å². The van der Waals surface area contributed by atoms with Crippen molar-refractivity contribution in [2.75, 3.05) is 19.8 Å². The summed E-state index contributed by atoms with van der Waals surface area (Å²) in [7, 11) is 0. The molecule has 0 aromatic heterocycles. The fourth-order valence-electron chi connectivity index (χ4n) is 3.95. The Hall–Kier alpha value is -1.67. The first-order valence-electron chi connectivity index (χ1n) is 10.2. The Morgan fingerprint density at radius 2 is 2.07 bits per heavy atom. The maximum absolute atomic E-state index is 12.4. The Morgan fingerprint density at radius 3 is 2.83 bits per heavy atom. The van der Waals surface area contributed by atoms with Gasteiger partial charge in [-0.2, -0.15) is 0 Å². The van der Waals surface area contributed by atoms with Crippen LogP contribution in [0.15, 0.2) is 24.3 Å². The highest BCUT2D eigenvalue weighted by Crippen LogP contribution is 2.28. The van der Waals surface area contributed by atoms with Gasteiger partial charge in [-0.05, 0) is 24.5 Å². The first kappa shape index (κ1) is 22.0. The number of hydrogen-bond acceptors (Lipinski definition) is 5. The van der Waals surface area contributed by atoms with E-state index in [4.69, 9.17) is 21.1 Å². The molecule has 2 saturated heterocycles. The highest BCUT2D eigenvalue weighted by molar-refractivity contribution is 6.31. The second-order valence-electron chi connectivity index (χ2n) is 7.60. The van der Waals surface area contributed by atoms with Crippen LogP contribution in [-0.2, 0) is 25.6 Å². The topological polar surface area (TPSA) is 88.1 Å². The molecule has 29 heavy (non-hydrogen) atoms. The maximum Gasteiger partial charge on any atom is 0.222 e. The summed E-state index contributed by atoms with van der Waals surface area (Å²) in [4.78, 5) is 26.5. The molecule has 0 spiro atoms. The van der Waals surface area contributed by atoms with Crippen molar-refractivity contribution in [3.8, 4) is 0 Å². The lowest BCUT2D eigenvalue weighted by Gasteiger charge is -2.44. The van der Waals surface area contributed by atoms with Crippen LogP contribution >= 0.6 is 11.6 Å². The number of nitrogens with one attached hydrogen (secondary N) is 1. The van der Waals surface area contributed by atoms with Crippen LogP contribution in [0.3, 0.4) is 0 Å². The number of benzene rings is 1. The van der Waals surface area contributed by atoms with Crippen molar-refractivity contribution in [1.82, 2.24) is 10.2 Å². The predicted molar refractivity (Wildman–Crippen MR) is 108 cm³/mol. The summed E-state index contributed by atoms with van der Waals surface area (Å²) in [6.07, 6.45) is 0.795. The van der Waals surface area contributed by atoms with E-state index in [0.717, 1.165) is 12.0 Å². The first-order chi connectivity index (χ1) is 14.0. The molecule has 0 aliphatic carbocycles. The number of nitrogens with zero attached hydrogens (tertiary/aromatic N) is 1. The molecule has 3 rings (SSSR count). The van der Waals surface area contributed by atoms with E-state index in [1.165, 1.54) is 0 Å². The minimum absolute atomic E-state index is 0.000447. The molecule has 0 saturated carbocycles. The molecule has 2 fully saturated rings. The largest absolute Gasteiger partial charge is 0.389 e. The Balaban J connectivity index is 1.55. The van der Waals surface area contributed by atoms with Crippen LogP contribution in [0.2, 0.25) is 5.02 Å². The monoisotopic (exact) mass is 424 g/mol. The molecular formula is C21H29ClN2O5. The van der Waals surface area contributed by atoms with Gasteiger partial charge in [0, 0.05) is 24.5 Å². The van der Waals surface area contributed by atoms with Gasteiger partial charge >= 0.3 is 0 Å². The van der Waals surface area contributed by atoms with Crippen LogP contribution in [0.1, 0.15) is 38.2 Å². The quantitative estimate of drug-likeness (QED) is 0.753. The van der Waals surface area contributed by atoms with Crippen LogP contribution in [0.4, 0.5) is 0 Å². The molecule has 7 nitrogen and oxygen atoms in total. The third-order valence-corrected chi connectivity index (χ3v) is 5.82. The van der Waals surface area contributed by atoms with Crippen molar-refractivity contribution >= 4 is 23.4 Å². The molecule has 0 radical (unpaired) electrons. The van der Waals surface area contributed by atoms with E-state index in [9.17, 15) is 14.7 Å². The van der Waals surface area contributed by atoms with Gasteiger partial charge in [0.15, 0.2) is 0 Å². The summed E-state index contributed by atoms with van der Waals surface area (Å²) >= 11 is 6.13. The molecule has 8 heteroatoms. The van der Waals surface area contributed by atoms with E-state index < -0.39 is 6.10 Å². The van der Waals surface area contributed by atoms with Crippen molar-refractivity contribution in [1.29, 1.82) is 0 Å². The van der Waals surface area contributed by atoms with Gasteiger partial charge in [0.2, 0.25) is 11.8 Å². The van der Waals surface area contributed by atoms with E-state index >= 15 is 0 Å². The number of carbonyl (C=O) groups is 2. The van der Waals surface area contributed by atoms with E-state index in [2.05, 4.69) is 5.32 Å². The molecule has 2 N–H and O–H groups in total. The van der Waals surface area contributed by atoms with Gasteiger partial charge in [-0.3, -0.25) is 9.59 Å². The Bertz CT molecular complexity index is 716. The molecule has 2 aliphatic rings. The molecule has 1 aromatic rings. The highest BCUT2D eigenvalue weighted by atomic mass is 35.5. The van der Waals surface area contributed by atoms with Crippen LogP contribution in [0.25, 0.3) is 0 Å². The van der Waals surface area contributed by atoms with Gasteiger partial charge in [-0.1, -0.05) is 36.7 Å². The second kappa shape index (κ2) is 10.4. The third-order valence-electron chi connectivity index (χ3n) is 5.45. The van der Waals surface area contributed by atoms with Gasteiger partial charge in [-0.25, -0.2) is 0 Å². The minimum Gasteiger partial charge on any atom is -0.389 e. The van der Waals surface area contributed by atoms with Gasteiger partial charge in [0.05, 0.1) is 37.9 Å². The van der Waals surface area contributed by atoms with Gasteiger partial charge in [0.1, 0.15) is 6.10 Å². The highest BCUT2D eigenvalue weighted by Gasteiger charge is 2.39. The Kier molecular flexibility index (Phi) is 7.89. The number of ether oxygens (including phenoxy) is 2. The zero-order valence-corrected chi connectivity index (χ0v) is 17.4. The normalized spacial score (nSPS) is 27.5. The number of hydrogen-bond donors (Lipinski definition) is 2. The average molecular weight is 425 g/mol. The Morgan fingerprint density at radius 1 is 1.28 bits per heavy atom. The molecule has 1 aromatic carbocycles. The zero-order chi connectivity index (χ0) is 20.8. The van der Waals surface area contributed by atoms with Gasteiger partial charge in [-0.15, -0.1) is 0 Å². The smallest absolute Gasteiger partial charge is 0.222 e. The lowest BCUT2D eigenvalue weighted by molar-refractivity contribution is -0.169. The molecule has 0 unspecified atom stereocenters. The number of carbonyl (C=O) groups excluding carboxylic acids is 2. The van der Waals surface area contributed by atoms with Crippen molar-refractivity contribution in [3.05, 3.63) is 34.9 Å². The summed E-state index contributed by atoms with van der Waals surface area (Å²) in [5.41, 5.74) is 0.868. The van der Waals surface area contributed by atoms with E-state index in [1.54, 1.807) is 11.0 Å². The Labute approximate surface area is 176 Å². The summed E-state index contributed by atoms with van der Waals surface area (Å²) < 4.78 is 11.7. The summed E-state index contributed by atoms with van der Waals surface area (Å²) in [5, 5.41) is 13.6. The molecule has 160 valence electrons. The summed E-state index contributed by atoms with van der Waals surface area (Å²) in [5.74, 6) is -0.0995. The van der Waals surface area contributed by atoms with Crippen LogP contribution in [0, 0.1) is 0 Å². The molecule has 2 amide bonds. The van der Waals surface area contributed by atoms with Crippen molar-refractivity contribution in [2.24, 2.45) is 0 Å². The SMILES string of the molecule is CCC(=O)N1C[C@@H](O)COC[C@@H]2O[C@@H](CC(=O)NCc3ccccc3Cl)CC[C@H]21. The van der Waals surface area contributed by atoms with Crippen molar-refractivity contribution < 1.29 is 24.2 Å². The second-order valence-corrected chi connectivity index (χ2v) is 8.01. The lowest BCUT2D eigenvalue weighted by Crippen LogP contribution is -2.57. The number of aliphatic hydroxyl groups is 1. The fourth-order valence-corrected chi connectivity index (χ4v) is 4.15. The number of aliphatic hydroxyl groups excluding tert-OH is 1. The lowest BCUT2D eigenvalue weighted by atomic mass is 9.94. The summed E-state index contributed by atoms with van der Waals surface area (Å²) in [6.45, 7) is 2.90. The number of amides is 2. The average Bonchev–Trinajstić information content (AvgIpc) is 2.70. The van der Waals surface area contributed by atoms with Crippen molar-refractivity contribution in [3.63, 3.8) is 0 Å². The fraction of sp³-hybridized carbons (Fsp3) is 0.619.